The van der Waals surface area contributed by atoms with Crippen molar-refractivity contribution in [1.29, 1.82) is 0 Å². The molecule has 1 aliphatic rings. The number of para-hydroxylation sites is 1. The molecule has 1 aromatic heterocycles. The summed E-state index contributed by atoms with van der Waals surface area (Å²) in [5.41, 5.74) is 3.40. The van der Waals surface area contributed by atoms with Gasteiger partial charge >= 0.3 is 0 Å². The molecule has 1 aromatic carbocycles. The molecule has 6 nitrogen and oxygen atoms in total. The summed E-state index contributed by atoms with van der Waals surface area (Å²) in [4.78, 5) is 4.78. The fourth-order valence-electron chi connectivity index (χ4n) is 3.50. The molecule has 3 rings (SSSR count). The molecule has 1 aliphatic heterocycles. The zero-order chi connectivity index (χ0) is 19.3. The maximum Gasteiger partial charge on any atom is 0.191 e. The second-order valence-corrected chi connectivity index (χ2v) is 7.69. The highest BCUT2D eigenvalue weighted by Crippen LogP contribution is 2.39. The van der Waals surface area contributed by atoms with Crippen molar-refractivity contribution in [2.24, 2.45) is 4.99 Å². The third-order valence-corrected chi connectivity index (χ3v) is 4.84. The molecule has 0 radical (unpaired) electrons. The van der Waals surface area contributed by atoms with Crippen LogP contribution in [0.1, 0.15) is 56.5 Å². The lowest BCUT2D eigenvalue weighted by Crippen LogP contribution is -2.45. The van der Waals surface area contributed by atoms with E-state index in [4.69, 9.17) is 9.73 Å². The molecular weight excluding hydrogens is 465 g/mol. The second-order valence-electron chi connectivity index (χ2n) is 7.69. The molecule has 2 heterocycles. The first-order valence-corrected chi connectivity index (χ1v) is 9.80. The van der Waals surface area contributed by atoms with Crippen LogP contribution in [0, 0.1) is 6.92 Å². The van der Waals surface area contributed by atoms with Crippen LogP contribution in [0.2, 0.25) is 0 Å². The van der Waals surface area contributed by atoms with Gasteiger partial charge in [-0.25, -0.2) is 0 Å². The van der Waals surface area contributed by atoms with Crippen molar-refractivity contribution in [2.75, 3.05) is 13.1 Å². The number of H-pyrrole nitrogens is 1. The van der Waals surface area contributed by atoms with E-state index in [0.29, 0.717) is 0 Å². The number of aryl methyl sites for hydroxylation is 2. The molecule has 28 heavy (non-hydrogen) atoms. The minimum Gasteiger partial charge on any atom is -0.487 e. The standard InChI is InChI=1S/C21H31N5O.HI/c1-5-22-20(23-12-8-9-16-14-24-26-15(16)2)25-18-13-21(3,4)27-19-11-7-6-10-17(18)19;/h6-7,10-11,14,18H,5,8-9,12-13H2,1-4H3,(H,24,26)(H2,22,23,25);1H. The van der Waals surface area contributed by atoms with Crippen LogP contribution < -0.4 is 15.4 Å². The molecule has 1 unspecified atom stereocenters. The number of benzene rings is 1. The summed E-state index contributed by atoms with van der Waals surface area (Å²) >= 11 is 0. The summed E-state index contributed by atoms with van der Waals surface area (Å²) in [5.74, 6) is 1.82. The first kappa shape index (κ1) is 22.5. The summed E-state index contributed by atoms with van der Waals surface area (Å²) < 4.78 is 6.13. The highest BCUT2D eigenvalue weighted by Gasteiger charge is 2.33. The van der Waals surface area contributed by atoms with Gasteiger partial charge in [0.1, 0.15) is 11.4 Å². The van der Waals surface area contributed by atoms with Crippen LogP contribution in [0.5, 0.6) is 5.75 Å². The molecular formula is C21H32IN5O. The summed E-state index contributed by atoms with van der Waals surface area (Å²) in [7, 11) is 0. The number of hydrogen-bond acceptors (Lipinski definition) is 3. The summed E-state index contributed by atoms with van der Waals surface area (Å²) in [6, 6.07) is 8.44. The van der Waals surface area contributed by atoms with Crippen molar-refractivity contribution in [2.45, 2.75) is 58.6 Å². The van der Waals surface area contributed by atoms with Crippen molar-refractivity contribution >= 4 is 29.9 Å². The van der Waals surface area contributed by atoms with Gasteiger partial charge in [-0.2, -0.15) is 5.10 Å². The van der Waals surface area contributed by atoms with E-state index >= 15 is 0 Å². The van der Waals surface area contributed by atoms with Crippen LogP contribution in [0.4, 0.5) is 0 Å². The number of nitrogens with one attached hydrogen (secondary N) is 3. The number of rotatable bonds is 6. The summed E-state index contributed by atoms with van der Waals surface area (Å²) in [6.45, 7) is 10.0. The molecule has 154 valence electrons. The van der Waals surface area contributed by atoms with E-state index in [1.807, 2.05) is 18.3 Å². The first-order chi connectivity index (χ1) is 13.0. The molecule has 0 bridgehead atoms. The Labute approximate surface area is 185 Å². The van der Waals surface area contributed by atoms with Crippen molar-refractivity contribution in [3.05, 3.63) is 47.3 Å². The van der Waals surface area contributed by atoms with Gasteiger partial charge in [-0.1, -0.05) is 18.2 Å². The first-order valence-electron chi connectivity index (χ1n) is 9.80. The zero-order valence-corrected chi connectivity index (χ0v) is 19.5. The average Bonchev–Trinajstić information content (AvgIpc) is 3.03. The molecule has 0 aliphatic carbocycles. The summed E-state index contributed by atoms with van der Waals surface area (Å²) in [6.07, 6.45) is 4.78. The molecule has 7 heteroatoms. The zero-order valence-electron chi connectivity index (χ0n) is 17.2. The Hall–Kier alpha value is -1.77. The van der Waals surface area contributed by atoms with Gasteiger partial charge in [-0.3, -0.25) is 10.1 Å². The number of aliphatic imine (C=N–C) groups is 1. The van der Waals surface area contributed by atoms with Crippen molar-refractivity contribution in [3.63, 3.8) is 0 Å². The number of fused-ring (bicyclic) bond motifs is 1. The largest absolute Gasteiger partial charge is 0.487 e. The molecule has 0 saturated carbocycles. The minimum absolute atomic E-state index is 0. The highest BCUT2D eigenvalue weighted by molar-refractivity contribution is 14.0. The minimum atomic E-state index is -0.206. The fraction of sp³-hybridized carbons (Fsp3) is 0.524. The Morgan fingerprint density at radius 3 is 2.86 bits per heavy atom. The van der Waals surface area contributed by atoms with Gasteiger partial charge in [0, 0.05) is 30.8 Å². The second kappa shape index (κ2) is 10.1. The third-order valence-electron chi connectivity index (χ3n) is 4.84. The Morgan fingerprint density at radius 2 is 2.14 bits per heavy atom. The van der Waals surface area contributed by atoms with Crippen LogP contribution in [-0.4, -0.2) is 34.8 Å². The van der Waals surface area contributed by atoms with Gasteiger partial charge in [0.2, 0.25) is 0 Å². The van der Waals surface area contributed by atoms with E-state index in [9.17, 15) is 0 Å². The Bertz CT molecular complexity index is 787. The molecule has 3 N–H and O–H groups in total. The molecule has 0 saturated heterocycles. The van der Waals surface area contributed by atoms with Gasteiger partial charge < -0.3 is 15.4 Å². The SMILES string of the molecule is CCNC(=NCCCc1cn[nH]c1C)NC1CC(C)(C)Oc2ccccc21.I. The number of aromatic amines is 1. The van der Waals surface area contributed by atoms with Crippen molar-refractivity contribution in [1.82, 2.24) is 20.8 Å². The van der Waals surface area contributed by atoms with E-state index in [2.05, 4.69) is 60.7 Å². The Morgan fingerprint density at radius 1 is 1.36 bits per heavy atom. The monoisotopic (exact) mass is 497 g/mol. The number of halogens is 1. The molecule has 1 atom stereocenters. The topological polar surface area (TPSA) is 74.3 Å². The van der Waals surface area contributed by atoms with Crippen LogP contribution in [0.15, 0.2) is 35.5 Å². The highest BCUT2D eigenvalue weighted by atomic mass is 127. The molecule has 0 fully saturated rings. The van der Waals surface area contributed by atoms with E-state index in [1.165, 1.54) is 11.1 Å². The van der Waals surface area contributed by atoms with E-state index in [-0.39, 0.29) is 35.6 Å². The van der Waals surface area contributed by atoms with Crippen LogP contribution in [0.25, 0.3) is 0 Å². The maximum atomic E-state index is 6.13. The maximum absolute atomic E-state index is 6.13. The van der Waals surface area contributed by atoms with Crippen molar-refractivity contribution < 1.29 is 4.74 Å². The van der Waals surface area contributed by atoms with Crippen LogP contribution in [0.3, 0.4) is 0 Å². The smallest absolute Gasteiger partial charge is 0.191 e. The number of aromatic nitrogens is 2. The van der Waals surface area contributed by atoms with Gasteiger partial charge in [0.25, 0.3) is 0 Å². The van der Waals surface area contributed by atoms with Crippen LogP contribution in [-0.2, 0) is 6.42 Å². The Kier molecular flexibility index (Phi) is 8.15. The van der Waals surface area contributed by atoms with Gasteiger partial charge in [-0.05, 0) is 52.2 Å². The quantitative estimate of drug-likeness (QED) is 0.243. The fourth-order valence-corrected chi connectivity index (χ4v) is 3.50. The van der Waals surface area contributed by atoms with Gasteiger partial charge in [0.15, 0.2) is 5.96 Å². The third kappa shape index (κ3) is 5.86. The lowest BCUT2D eigenvalue weighted by atomic mass is 9.90. The lowest BCUT2D eigenvalue weighted by molar-refractivity contribution is 0.0694. The number of hydrogen-bond donors (Lipinski definition) is 3. The number of ether oxygens (including phenoxy) is 1. The van der Waals surface area contributed by atoms with E-state index in [1.54, 1.807) is 0 Å². The number of nitrogens with zero attached hydrogens (tertiary/aromatic N) is 2. The molecule has 0 spiro atoms. The van der Waals surface area contributed by atoms with E-state index in [0.717, 1.165) is 49.8 Å². The predicted molar refractivity (Wildman–Crippen MR) is 125 cm³/mol. The predicted octanol–water partition coefficient (Wildman–Crippen LogP) is 4.13. The molecule has 0 amide bonds. The van der Waals surface area contributed by atoms with E-state index < -0.39 is 0 Å². The average molecular weight is 497 g/mol. The Balaban J connectivity index is 0.00000280. The van der Waals surface area contributed by atoms with Gasteiger partial charge in [0.05, 0.1) is 12.2 Å². The molecule has 2 aromatic rings. The van der Waals surface area contributed by atoms with Gasteiger partial charge in [-0.15, -0.1) is 24.0 Å². The van der Waals surface area contributed by atoms with Crippen molar-refractivity contribution in [3.8, 4) is 5.75 Å². The lowest BCUT2D eigenvalue weighted by Gasteiger charge is -2.38. The normalized spacial score (nSPS) is 17.9. The van der Waals surface area contributed by atoms with Crippen LogP contribution >= 0.6 is 24.0 Å². The summed E-state index contributed by atoms with van der Waals surface area (Å²) in [5, 5.41) is 14.1. The number of guanidine groups is 1.